The number of methoxy groups -OCH3 is 2. The van der Waals surface area contributed by atoms with Gasteiger partial charge in [-0.25, -0.2) is 5.01 Å². The highest BCUT2D eigenvalue weighted by molar-refractivity contribution is 8.04. The maximum atomic E-state index is 13.7. The molecule has 1 unspecified atom stereocenters. The Morgan fingerprint density at radius 1 is 0.825 bits per heavy atom. The van der Waals surface area contributed by atoms with E-state index in [1.54, 1.807) is 14.2 Å². The third-order valence-corrected chi connectivity index (χ3v) is 8.20. The van der Waals surface area contributed by atoms with Crippen molar-refractivity contribution >= 4 is 51.5 Å². The maximum Gasteiger partial charge on any atom is 0.280 e. The zero-order chi connectivity index (χ0) is 27.6. The van der Waals surface area contributed by atoms with Gasteiger partial charge in [-0.05, 0) is 53.6 Å². The fraction of sp³-hybridized carbons (Fsp3) is 0.125. The first-order chi connectivity index (χ1) is 19.6. The smallest absolute Gasteiger partial charge is 0.280 e. The normalized spacial score (nSPS) is 16.1. The van der Waals surface area contributed by atoms with Crippen molar-refractivity contribution in [3.63, 3.8) is 0 Å². The molecule has 4 aromatic carbocycles. The first kappa shape index (κ1) is 25.6. The maximum absolute atomic E-state index is 13.7. The van der Waals surface area contributed by atoms with Crippen molar-refractivity contribution in [3.05, 3.63) is 113 Å². The Labute approximate surface area is 236 Å². The van der Waals surface area contributed by atoms with Gasteiger partial charge in [0.1, 0.15) is 23.4 Å². The molecule has 6 rings (SSSR count). The second kappa shape index (κ2) is 10.8. The number of fused-ring (bicyclic) bond motifs is 3. The average molecular weight is 550 g/mol. The van der Waals surface area contributed by atoms with E-state index in [2.05, 4.69) is 17.6 Å². The van der Waals surface area contributed by atoms with E-state index in [0.29, 0.717) is 10.7 Å². The molecule has 1 aliphatic heterocycles. The predicted molar refractivity (Wildman–Crippen MR) is 159 cm³/mol. The van der Waals surface area contributed by atoms with Gasteiger partial charge in [0.25, 0.3) is 11.8 Å². The number of hydrogen-bond donors (Lipinski definition) is 1. The largest absolute Gasteiger partial charge is 0.497 e. The van der Waals surface area contributed by atoms with Crippen LogP contribution in [0.15, 0.2) is 102 Å². The van der Waals surface area contributed by atoms with Gasteiger partial charge in [-0.15, -0.1) is 0 Å². The second-order valence-corrected chi connectivity index (χ2v) is 10.5. The summed E-state index contributed by atoms with van der Waals surface area (Å²) in [7, 11) is 3.23. The molecule has 2 amide bonds. The number of carbonyl (C=O) groups is 2. The van der Waals surface area contributed by atoms with Gasteiger partial charge in [0.15, 0.2) is 0 Å². The minimum atomic E-state index is -0.440. The SMILES string of the molecule is COc1ccc(/C=C2/SC(c3ccc(OC)cc3)N(NC(=O)Cn3c4ccccc4c4ccccc43)C2=O)cc1. The average Bonchev–Trinajstić information content (AvgIpc) is 3.47. The third-order valence-electron chi connectivity index (χ3n) is 6.94. The highest BCUT2D eigenvalue weighted by Gasteiger charge is 2.38. The van der Waals surface area contributed by atoms with E-state index in [4.69, 9.17) is 9.47 Å². The van der Waals surface area contributed by atoms with E-state index >= 15 is 0 Å². The summed E-state index contributed by atoms with van der Waals surface area (Å²) in [5, 5.41) is 3.15. The van der Waals surface area contributed by atoms with Crippen LogP contribution in [-0.2, 0) is 16.1 Å². The van der Waals surface area contributed by atoms with Crippen molar-refractivity contribution in [2.45, 2.75) is 11.9 Å². The molecule has 8 heteroatoms. The van der Waals surface area contributed by atoms with Gasteiger partial charge in [0.05, 0.1) is 19.1 Å². The van der Waals surface area contributed by atoms with E-state index in [-0.39, 0.29) is 18.4 Å². The molecule has 5 aromatic rings. The van der Waals surface area contributed by atoms with Crippen LogP contribution in [-0.4, -0.2) is 35.6 Å². The van der Waals surface area contributed by atoms with Gasteiger partial charge in [-0.2, -0.15) is 0 Å². The summed E-state index contributed by atoms with van der Waals surface area (Å²) in [4.78, 5) is 27.7. The van der Waals surface area contributed by atoms with E-state index in [1.165, 1.54) is 16.8 Å². The van der Waals surface area contributed by atoms with Crippen LogP contribution in [0.4, 0.5) is 0 Å². The van der Waals surface area contributed by atoms with Crippen LogP contribution in [0.3, 0.4) is 0 Å². The van der Waals surface area contributed by atoms with Crippen LogP contribution in [0.1, 0.15) is 16.5 Å². The Bertz CT molecular complexity index is 1690. The summed E-state index contributed by atoms with van der Waals surface area (Å²) in [6, 6.07) is 31.1. The number of hydrazine groups is 1. The molecule has 0 aliphatic carbocycles. The number of ether oxygens (including phenoxy) is 2. The summed E-state index contributed by atoms with van der Waals surface area (Å²) in [6.45, 7) is 0.0648. The van der Waals surface area contributed by atoms with Crippen LogP contribution in [0.2, 0.25) is 0 Å². The van der Waals surface area contributed by atoms with Crippen molar-refractivity contribution < 1.29 is 19.1 Å². The number of nitrogens with zero attached hydrogens (tertiary/aromatic N) is 2. The lowest BCUT2D eigenvalue weighted by atomic mass is 10.2. The van der Waals surface area contributed by atoms with Gasteiger partial charge >= 0.3 is 0 Å². The van der Waals surface area contributed by atoms with Crippen molar-refractivity contribution in [2.75, 3.05) is 14.2 Å². The minimum absolute atomic E-state index is 0.0648. The van der Waals surface area contributed by atoms with Crippen molar-refractivity contribution in [2.24, 2.45) is 0 Å². The van der Waals surface area contributed by atoms with E-state index in [9.17, 15) is 9.59 Å². The number of thioether (sulfide) groups is 1. The molecule has 1 N–H and O–H groups in total. The highest BCUT2D eigenvalue weighted by Crippen LogP contribution is 2.45. The molecule has 7 nitrogen and oxygen atoms in total. The Balaban J connectivity index is 1.31. The lowest BCUT2D eigenvalue weighted by molar-refractivity contribution is -0.138. The second-order valence-electron chi connectivity index (χ2n) is 9.36. The number of nitrogens with one attached hydrogen (secondary N) is 1. The van der Waals surface area contributed by atoms with Crippen molar-refractivity contribution in [1.29, 1.82) is 0 Å². The zero-order valence-electron chi connectivity index (χ0n) is 22.0. The minimum Gasteiger partial charge on any atom is -0.497 e. The molecular formula is C32H27N3O4S. The standard InChI is InChI=1S/C32H27N3O4S/c1-38-23-15-11-21(12-16-23)19-29-31(37)35(32(40-29)22-13-17-24(39-2)18-14-22)33-30(36)20-34-27-9-5-3-7-25(27)26-8-4-6-10-28(26)34/h3-19,32H,20H2,1-2H3,(H,33,36)/b29-19+. The molecule has 40 heavy (non-hydrogen) atoms. The summed E-state index contributed by atoms with van der Waals surface area (Å²) < 4.78 is 12.6. The van der Waals surface area contributed by atoms with E-state index in [0.717, 1.165) is 38.7 Å². The Morgan fingerprint density at radius 2 is 1.38 bits per heavy atom. The molecule has 1 atom stereocenters. The number of carbonyl (C=O) groups excluding carboxylic acids is 2. The van der Waals surface area contributed by atoms with Crippen LogP contribution in [0, 0.1) is 0 Å². The number of benzene rings is 4. The molecular weight excluding hydrogens is 522 g/mol. The molecule has 1 fully saturated rings. The molecule has 200 valence electrons. The van der Waals surface area contributed by atoms with Crippen molar-refractivity contribution in [1.82, 2.24) is 15.0 Å². The van der Waals surface area contributed by atoms with Gasteiger partial charge in [-0.1, -0.05) is 72.4 Å². The van der Waals surface area contributed by atoms with Crippen LogP contribution < -0.4 is 14.9 Å². The van der Waals surface area contributed by atoms with E-state index in [1.807, 2.05) is 95.6 Å². The third kappa shape index (κ3) is 4.78. The predicted octanol–water partition coefficient (Wildman–Crippen LogP) is 6.16. The summed E-state index contributed by atoms with van der Waals surface area (Å²) in [5.74, 6) is 0.901. The molecule has 0 spiro atoms. The van der Waals surface area contributed by atoms with Gasteiger partial charge < -0.3 is 14.0 Å². The lowest BCUT2D eigenvalue weighted by Crippen LogP contribution is -2.45. The number of aromatic nitrogens is 1. The topological polar surface area (TPSA) is 72.8 Å². The van der Waals surface area contributed by atoms with Crippen LogP contribution >= 0.6 is 11.8 Å². The van der Waals surface area contributed by atoms with Crippen molar-refractivity contribution in [3.8, 4) is 11.5 Å². The fourth-order valence-electron chi connectivity index (χ4n) is 4.98. The summed E-state index contributed by atoms with van der Waals surface area (Å²) in [6.07, 6.45) is 1.84. The monoisotopic (exact) mass is 549 g/mol. The lowest BCUT2D eigenvalue weighted by Gasteiger charge is -2.24. The number of amides is 2. The van der Waals surface area contributed by atoms with Gasteiger partial charge in [-0.3, -0.25) is 15.0 Å². The number of para-hydroxylation sites is 2. The Morgan fingerprint density at radius 3 is 1.95 bits per heavy atom. The van der Waals surface area contributed by atoms with Crippen LogP contribution in [0.5, 0.6) is 11.5 Å². The Kier molecular flexibility index (Phi) is 6.92. The summed E-state index contributed by atoms with van der Waals surface area (Å²) >= 11 is 1.40. The number of rotatable bonds is 7. The highest BCUT2D eigenvalue weighted by atomic mass is 32.2. The summed E-state index contributed by atoms with van der Waals surface area (Å²) in [5.41, 5.74) is 6.58. The molecule has 0 saturated carbocycles. The molecule has 2 heterocycles. The fourth-order valence-corrected chi connectivity index (χ4v) is 6.17. The molecule has 1 aliphatic rings. The number of hydrogen-bond acceptors (Lipinski definition) is 5. The van der Waals surface area contributed by atoms with Crippen LogP contribution in [0.25, 0.3) is 27.9 Å². The van der Waals surface area contributed by atoms with Gasteiger partial charge in [0.2, 0.25) is 0 Å². The molecule has 0 bridgehead atoms. The quantitative estimate of drug-likeness (QED) is 0.246. The Hall–Kier alpha value is -4.69. The van der Waals surface area contributed by atoms with E-state index < -0.39 is 5.37 Å². The van der Waals surface area contributed by atoms with Gasteiger partial charge in [0, 0.05) is 21.8 Å². The molecule has 1 aromatic heterocycles. The molecule has 0 radical (unpaired) electrons. The zero-order valence-corrected chi connectivity index (χ0v) is 22.9. The molecule has 1 saturated heterocycles. The first-order valence-electron chi connectivity index (χ1n) is 12.8. The first-order valence-corrected chi connectivity index (χ1v) is 13.7.